The quantitative estimate of drug-likeness (QED) is 0.656. The van der Waals surface area contributed by atoms with Crippen molar-refractivity contribution in [2.75, 3.05) is 7.11 Å². The molecule has 20 heavy (non-hydrogen) atoms. The Labute approximate surface area is 128 Å². The molecule has 0 amide bonds. The second-order valence-corrected chi connectivity index (χ2v) is 5.31. The molecule has 0 saturated heterocycles. The fourth-order valence-corrected chi connectivity index (χ4v) is 2.40. The maximum absolute atomic E-state index is 13.9. The van der Waals surface area contributed by atoms with E-state index >= 15 is 0 Å². The monoisotopic (exact) mass is 356 g/mol. The first-order valence-electron chi connectivity index (χ1n) is 5.58. The smallest absolute Gasteiger partial charge is 0.342 e. The van der Waals surface area contributed by atoms with E-state index in [0.29, 0.717) is 10.2 Å². The number of nitrogens with zero attached hydrogens (tertiary/aromatic N) is 1. The van der Waals surface area contributed by atoms with Gasteiger partial charge in [-0.05, 0) is 25.1 Å². The molecule has 0 atom stereocenters. The second-order valence-electron chi connectivity index (χ2n) is 4.01. The van der Waals surface area contributed by atoms with Gasteiger partial charge in [0.15, 0.2) is 0 Å². The van der Waals surface area contributed by atoms with Gasteiger partial charge in [0.1, 0.15) is 21.8 Å². The number of esters is 1. The Balaban J connectivity index is 2.61. The Morgan fingerprint density at radius 1 is 1.50 bits per heavy atom. The molecular weight excluding hydrogens is 347 g/mol. The lowest BCUT2D eigenvalue weighted by Crippen LogP contribution is -2.09. The number of aromatic amines is 1. The van der Waals surface area contributed by atoms with Gasteiger partial charge in [-0.25, -0.2) is 14.2 Å². The fourth-order valence-electron chi connectivity index (χ4n) is 1.74. The van der Waals surface area contributed by atoms with Gasteiger partial charge in [0.2, 0.25) is 0 Å². The third kappa shape index (κ3) is 2.78. The predicted octanol–water partition coefficient (Wildman–Crippen LogP) is 3.80. The Hall–Kier alpha value is -1.60. The standard InChI is InChI=1S/C13H10BrFN2O2S/c1-6-10(13(18)19-2)12(20)17-11(16-6)8-4-3-7(14)5-9(8)15/h3-5H,1-2H3,(H,16,17,20). The van der Waals surface area contributed by atoms with Gasteiger partial charge in [0.25, 0.3) is 0 Å². The van der Waals surface area contributed by atoms with Crippen molar-refractivity contribution in [3.05, 3.63) is 44.4 Å². The molecule has 1 aromatic carbocycles. The van der Waals surface area contributed by atoms with Crippen LogP contribution in [0.5, 0.6) is 0 Å². The summed E-state index contributed by atoms with van der Waals surface area (Å²) in [6.07, 6.45) is 0. The zero-order valence-corrected chi connectivity index (χ0v) is 13.1. The van der Waals surface area contributed by atoms with E-state index in [1.165, 1.54) is 13.2 Å². The van der Waals surface area contributed by atoms with Crippen LogP contribution in [0.3, 0.4) is 0 Å². The first-order valence-corrected chi connectivity index (χ1v) is 6.79. The number of rotatable bonds is 2. The average molecular weight is 357 g/mol. The van der Waals surface area contributed by atoms with E-state index in [0.717, 1.165) is 0 Å². The number of hydrogen-bond acceptors (Lipinski definition) is 4. The van der Waals surface area contributed by atoms with Crippen LogP contribution in [0.2, 0.25) is 0 Å². The molecule has 104 valence electrons. The third-order valence-corrected chi connectivity index (χ3v) is 3.47. The van der Waals surface area contributed by atoms with Gasteiger partial charge in [-0.1, -0.05) is 28.1 Å². The molecular formula is C13H10BrFN2O2S. The molecule has 1 aromatic heterocycles. The summed E-state index contributed by atoms with van der Waals surface area (Å²) < 4.78 is 19.2. The second kappa shape index (κ2) is 5.80. The summed E-state index contributed by atoms with van der Waals surface area (Å²) in [6, 6.07) is 4.60. The van der Waals surface area contributed by atoms with Crippen molar-refractivity contribution in [1.29, 1.82) is 0 Å². The normalized spacial score (nSPS) is 10.4. The Morgan fingerprint density at radius 2 is 2.20 bits per heavy atom. The van der Waals surface area contributed by atoms with E-state index in [9.17, 15) is 9.18 Å². The van der Waals surface area contributed by atoms with E-state index in [4.69, 9.17) is 12.2 Å². The van der Waals surface area contributed by atoms with Crippen molar-refractivity contribution in [3.63, 3.8) is 0 Å². The van der Waals surface area contributed by atoms with Crippen LogP contribution in [-0.2, 0) is 4.74 Å². The first-order chi connectivity index (χ1) is 9.43. The summed E-state index contributed by atoms with van der Waals surface area (Å²) >= 11 is 8.26. The van der Waals surface area contributed by atoms with Gasteiger partial charge in [0, 0.05) is 10.2 Å². The van der Waals surface area contributed by atoms with Crippen LogP contribution in [0.4, 0.5) is 4.39 Å². The Morgan fingerprint density at radius 3 is 2.75 bits per heavy atom. The summed E-state index contributed by atoms with van der Waals surface area (Å²) in [4.78, 5) is 18.5. The van der Waals surface area contributed by atoms with Crippen molar-refractivity contribution in [1.82, 2.24) is 9.97 Å². The van der Waals surface area contributed by atoms with Crippen molar-refractivity contribution in [2.24, 2.45) is 0 Å². The van der Waals surface area contributed by atoms with Crippen LogP contribution in [0.15, 0.2) is 22.7 Å². The molecule has 0 unspecified atom stereocenters. The average Bonchev–Trinajstić information content (AvgIpc) is 2.37. The van der Waals surface area contributed by atoms with Gasteiger partial charge >= 0.3 is 5.97 Å². The highest BCUT2D eigenvalue weighted by atomic mass is 79.9. The maximum atomic E-state index is 13.9. The van der Waals surface area contributed by atoms with Crippen molar-refractivity contribution >= 4 is 34.1 Å². The maximum Gasteiger partial charge on any atom is 0.342 e. The molecule has 0 aliphatic carbocycles. The number of carbonyl (C=O) groups excluding carboxylic acids is 1. The van der Waals surface area contributed by atoms with Crippen molar-refractivity contribution in [3.8, 4) is 11.4 Å². The molecule has 0 bridgehead atoms. The number of ether oxygens (including phenoxy) is 1. The number of H-pyrrole nitrogens is 1. The molecule has 2 rings (SSSR count). The van der Waals surface area contributed by atoms with Crippen LogP contribution < -0.4 is 0 Å². The lowest BCUT2D eigenvalue weighted by molar-refractivity contribution is 0.0598. The number of halogens is 2. The molecule has 7 heteroatoms. The molecule has 0 aliphatic heterocycles. The summed E-state index contributed by atoms with van der Waals surface area (Å²) in [7, 11) is 1.26. The van der Waals surface area contributed by atoms with Crippen LogP contribution in [-0.4, -0.2) is 23.0 Å². The van der Waals surface area contributed by atoms with Gasteiger partial charge in [-0.15, -0.1) is 0 Å². The SMILES string of the molecule is COC(=O)c1c(C)[nH]c(-c2ccc(Br)cc2F)nc1=S. The van der Waals surface area contributed by atoms with Crippen LogP contribution in [0.1, 0.15) is 16.1 Å². The molecule has 0 spiro atoms. The highest BCUT2D eigenvalue weighted by molar-refractivity contribution is 9.10. The number of hydrogen-bond donors (Lipinski definition) is 1. The molecule has 0 saturated carbocycles. The molecule has 0 aliphatic rings. The number of nitrogens with one attached hydrogen (secondary N) is 1. The van der Waals surface area contributed by atoms with Crippen LogP contribution in [0, 0.1) is 17.4 Å². The van der Waals surface area contributed by atoms with E-state index in [2.05, 4.69) is 30.6 Å². The Kier molecular flexibility index (Phi) is 4.29. The summed E-state index contributed by atoms with van der Waals surface area (Å²) in [5.74, 6) is -0.744. The molecule has 0 radical (unpaired) electrons. The highest BCUT2D eigenvalue weighted by Crippen LogP contribution is 2.24. The number of aromatic nitrogens is 2. The fraction of sp³-hybridized carbons (Fsp3) is 0.154. The summed E-state index contributed by atoms with van der Waals surface area (Å²) in [6.45, 7) is 1.66. The molecule has 0 fully saturated rings. The highest BCUT2D eigenvalue weighted by Gasteiger charge is 2.16. The van der Waals surface area contributed by atoms with Gasteiger partial charge in [-0.2, -0.15) is 0 Å². The largest absolute Gasteiger partial charge is 0.465 e. The van der Waals surface area contributed by atoms with E-state index in [-0.39, 0.29) is 21.6 Å². The van der Waals surface area contributed by atoms with Crippen molar-refractivity contribution in [2.45, 2.75) is 6.92 Å². The zero-order valence-electron chi connectivity index (χ0n) is 10.7. The number of aryl methyl sites for hydroxylation is 1. The molecule has 2 aromatic rings. The van der Waals surface area contributed by atoms with Crippen molar-refractivity contribution < 1.29 is 13.9 Å². The Bertz CT molecular complexity index is 746. The van der Waals surface area contributed by atoms with Crippen LogP contribution >= 0.6 is 28.1 Å². The lowest BCUT2D eigenvalue weighted by atomic mass is 10.2. The van der Waals surface area contributed by atoms with E-state index in [1.54, 1.807) is 19.1 Å². The number of methoxy groups -OCH3 is 1. The topological polar surface area (TPSA) is 55.0 Å². The zero-order chi connectivity index (χ0) is 14.9. The first kappa shape index (κ1) is 14.8. The molecule has 1 heterocycles. The van der Waals surface area contributed by atoms with Crippen LogP contribution in [0.25, 0.3) is 11.4 Å². The van der Waals surface area contributed by atoms with E-state index in [1.807, 2.05) is 0 Å². The predicted molar refractivity (Wildman–Crippen MR) is 78.6 cm³/mol. The third-order valence-electron chi connectivity index (χ3n) is 2.68. The lowest BCUT2D eigenvalue weighted by Gasteiger charge is -2.08. The van der Waals surface area contributed by atoms with Gasteiger partial charge < -0.3 is 9.72 Å². The minimum absolute atomic E-state index is 0.0745. The van der Waals surface area contributed by atoms with E-state index < -0.39 is 11.8 Å². The number of carbonyl (C=O) groups is 1. The van der Waals surface area contributed by atoms with Gasteiger partial charge in [-0.3, -0.25) is 0 Å². The number of benzene rings is 1. The minimum Gasteiger partial charge on any atom is -0.465 e. The van der Waals surface area contributed by atoms with Gasteiger partial charge in [0.05, 0.1) is 12.7 Å². The summed E-state index contributed by atoms with van der Waals surface area (Å²) in [5, 5.41) is 0. The molecule has 1 N–H and O–H groups in total. The minimum atomic E-state index is -0.570. The molecule has 4 nitrogen and oxygen atoms in total. The summed E-state index contributed by atoms with van der Waals surface area (Å²) in [5.41, 5.74) is 0.941.